The third kappa shape index (κ3) is 3.09. The number of hydrogen-bond donors (Lipinski definition) is 2. The van der Waals surface area contributed by atoms with Crippen molar-refractivity contribution >= 4 is 11.0 Å². The van der Waals surface area contributed by atoms with E-state index in [1.54, 1.807) is 6.33 Å². The largest absolute Gasteiger partial charge is 0.396 e. The van der Waals surface area contributed by atoms with Gasteiger partial charge in [0, 0.05) is 19.7 Å². The molecule has 0 saturated heterocycles. The van der Waals surface area contributed by atoms with Crippen LogP contribution in [-0.2, 0) is 6.54 Å². The van der Waals surface area contributed by atoms with Crippen molar-refractivity contribution < 1.29 is 5.11 Å². The molecule has 0 radical (unpaired) electrons. The summed E-state index contributed by atoms with van der Waals surface area (Å²) in [6.07, 6.45) is 2.73. The molecule has 0 amide bonds. The maximum absolute atomic E-state index is 9.21. The number of hydrogen-bond acceptors (Lipinski definition) is 3. The lowest BCUT2D eigenvalue weighted by Gasteiger charge is -2.21. The Morgan fingerprint density at radius 3 is 3.00 bits per heavy atom. The zero-order valence-corrected chi connectivity index (χ0v) is 11.1. The first kappa shape index (κ1) is 13.1. The van der Waals surface area contributed by atoms with E-state index in [2.05, 4.69) is 41.0 Å². The molecule has 0 aliphatic heterocycles. The number of aliphatic hydroxyl groups is 1. The number of H-pyrrole nitrogens is 1. The van der Waals surface area contributed by atoms with E-state index >= 15 is 0 Å². The Morgan fingerprint density at radius 2 is 2.28 bits per heavy atom. The SMILES string of the molecule is CCC(CO)CN(C)Cc1ccc2nc[nH]c2c1. The number of rotatable bonds is 6. The van der Waals surface area contributed by atoms with Crippen LogP contribution < -0.4 is 0 Å². The molecule has 18 heavy (non-hydrogen) atoms. The van der Waals surface area contributed by atoms with Gasteiger partial charge in [0.2, 0.25) is 0 Å². The molecule has 1 aromatic carbocycles. The minimum absolute atomic E-state index is 0.264. The molecular formula is C14H21N3O. The molecule has 0 saturated carbocycles. The minimum Gasteiger partial charge on any atom is -0.396 e. The molecule has 4 nitrogen and oxygen atoms in total. The van der Waals surface area contributed by atoms with Gasteiger partial charge in [-0.3, -0.25) is 0 Å². The van der Waals surface area contributed by atoms with E-state index in [1.165, 1.54) is 5.56 Å². The van der Waals surface area contributed by atoms with Crippen LogP contribution in [0.2, 0.25) is 0 Å². The Labute approximate surface area is 108 Å². The van der Waals surface area contributed by atoms with Crippen LogP contribution in [0.15, 0.2) is 24.5 Å². The third-order valence-corrected chi connectivity index (χ3v) is 3.34. The van der Waals surface area contributed by atoms with Gasteiger partial charge in [-0.25, -0.2) is 4.98 Å². The lowest BCUT2D eigenvalue weighted by Crippen LogP contribution is -2.26. The van der Waals surface area contributed by atoms with E-state index in [0.29, 0.717) is 5.92 Å². The summed E-state index contributed by atoms with van der Waals surface area (Å²) in [5.41, 5.74) is 3.35. The highest BCUT2D eigenvalue weighted by Crippen LogP contribution is 2.14. The Balaban J connectivity index is 1.99. The molecule has 0 bridgehead atoms. The van der Waals surface area contributed by atoms with E-state index in [0.717, 1.165) is 30.5 Å². The van der Waals surface area contributed by atoms with Crippen LogP contribution in [0.4, 0.5) is 0 Å². The first-order chi connectivity index (χ1) is 8.72. The van der Waals surface area contributed by atoms with Crippen molar-refractivity contribution in [3.8, 4) is 0 Å². The summed E-state index contributed by atoms with van der Waals surface area (Å²) in [4.78, 5) is 9.59. The molecule has 4 heteroatoms. The van der Waals surface area contributed by atoms with Gasteiger partial charge in [0.25, 0.3) is 0 Å². The van der Waals surface area contributed by atoms with Gasteiger partial charge >= 0.3 is 0 Å². The summed E-state index contributed by atoms with van der Waals surface area (Å²) < 4.78 is 0. The maximum Gasteiger partial charge on any atom is 0.0931 e. The highest BCUT2D eigenvalue weighted by molar-refractivity contribution is 5.74. The molecule has 0 aliphatic carbocycles. The van der Waals surface area contributed by atoms with E-state index in [9.17, 15) is 5.11 Å². The van der Waals surface area contributed by atoms with E-state index in [4.69, 9.17) is 0 Å². The van der Waals surface area contributed by atoms with Crippen molar-refractivity contribution in [3.05, 3.63) is 30.1 Å². The van der Waals surface area contributed by atoms with E-state index < -0.39 is 0 Å². The van der Waals surface area contributed by atoms with Gasteiger partial charge in [-0.05, 0) is 37.1 Å². The van der Waals surface area contributed by atoms with Crippen molar-refractivity contribution in [2.45, 2.75) is 19.9 Å². The first-order valence-electron chi connectivity index (χ1n) is 6.44. The number of nitrogens with one attached hydrogen (secondary N) is 1. The Kier molecular flexibility index (Phi) is 4.33. The van der Waals surface area contributed by atoms with Gasteiger partial charge in [0.1, 0.15) is 0 Å². The lowest BCUT2D eigenvalue weighted by atomic mass is 10.1. The van der Waals surface area contributed by atoms with Gasteiger partial charge in [0.15, 0.2) is 0 Å². The summed E-state index contributed by atoms with van der Waals surface area (Å²) in [5.74, 6) is 0.367. The van der Waals surface area contributed by atoms with Gasteiger partial charge < -0.3 is 15.0 Å². The van der Waals surface area contributed by atoms with Gasteiger partial charge in [-0.1, -0.05) is 13.0 Å². The molecule has 0 fully saturated rings. The summed E-state index contributed by atoms with van der Waals surface area (Å²) in [5, 5.41) is 9.21. The molecule has 1 unspecified atom stereocenters. The quantitative estimate of drug-likeness (QED) is 0.821. The van der Waals surface area contributed by atoms with Crippen molar-refractivity contribution in [1.29, 1.82) is 0 Å². The molecule has 1 aromatic heterocycles. The Bertz CT molecular complexity index is 490. The van der Waals surface area contributed by atoms with Crippen LogP contribution in [-0.4, -0.2) is 40.2 Å². The highest BCUT2D eigenvalue weighted by Gasteiger charge is 2.09. The molecule has 1 heterocycles. The number of fused-ring (bicyclic) bond motifs is 1. The predicted molar refractivity (Wildman–Crippen MR) is 73.3 cm³/mol. The van der Waals surface area contributed by atoms with Crippen LogP contribution in [0.3, 0.4) is 0 Å². The normalized spacial score (nSPS) is 13.3. The second kappa shape index (κ2) is 5.98. The molecule has 1 atom stereocenters. The topological polar surface area (TPSA) is 52.1 Å². The van der Waals surface area contributed by atoms with Crippen LogP contribution >= 0.6 is 0 Å². The summed E-state index contributed by atoms with van der Waals surface area (Å²) >= 11 is 0. The van der Waals surface area contributed by atoms with Crippen molar-refractivity contribution in [3.63, 3.8) is 0 Å². The lowest BCUT2D eigenvalue weighted by molar-refractivity contribution is 0.173. The third-order valence-electron chi connectivity index (χ3n) is 3.34. The van der Waals surface area contributed by atoms with Crippen LogP contribution in [0.1, 0.15) is 18.9 Å². The maximum atomic E-state index is 9.21. The summed E-state index contributed by atoms with van der Waals surface area (Å²) in [6, 6.07) is 6.29. The fourth-order valence-corrected chi connectivity index (χ4v) is 2.21. The molecular weight excluding hydrogens is 226 g/mol. The zero-order chi connectivity index (χ0) is 13.0. The Morgan fingerprint density at radius 1 is 1.44 bits per heavy atom. The molecule has 2 N–H and O–H groups in total. The van der Waals surface area contributed by atoms with Crippen LogP contribution in [0.5, 0.6) is 0 Å². The van der Waals surface area contributed by atoms with Gasteiger partial charge in [0.05, 0.1) is 17.4 Å². The second-order valence-corrected chi connectivity index (χ2v) is 4.91. The number of imidazole rings is 1. The van der Waals surface area contributed by atoms with E-state index in [1.807, 2.05) is 6.07 Å². The van der Waals surface area contributed by atoms with Gasteiger partial charge in [-0.15, -0.1) is 0 Å². The molecule has 2 aromatic rings. The van der Waals surface area contributed by atoms with Crippen LogP contribution in [0, 0.1) is 5.92 Å². The number of aromatic amines is 1. The number of nitrogens with zero attached hydrogens (tertiary/aromatic N) is 2. The summed E-state index contributed by atoms with van der Waals surface area (Å²) in [6.45, 7) is 4.20. The van der Waals surface area contributed by atoms with Crippen LogP contribution in [0.25, 0.3) is 11.0 Å². The standard InChI is InChI=1S/C14H21N3O/c1-3-11(9-18)7-17(2)8-12-4-5-13-14(6-12)16-10-15-13/h4-6,10-11,18H,3,7-9H2,1-2H3,(H,15,16). The zero-order valence-electron chi connectivity index (χ0n) is 11.1. The molecule has 2 rings (SSSR count). The molecule has 98 valence electrons. The minimum atomic E-state index is 0.264. The van der Waals surface area contributed by atoms with Crippen molar-refractivity contribution in [1.82, 2.24) is 14.9 Å². The highest BCUT2D eigenvalue weighted by atomic mass is 16.3. The molecule has 0 aliphatic rings. The van der Waals surface area contributed by atoms with Gasteiger partial charge in [-0.2, -0.15) is 0 Å². The summed E-state index contributed by atoms with van der Waals surface area (Å²) in [7, 11) is 2.09. The average molecular weight is 247 g/mol. The first-order valence-corrected chi connectivity index (χ1v) is 6.44. The fraction of sp³-hybridized carbons (Fsp3) is 0.500. The number of aliphatic hydroxyl groups excluding tert-OH is 1. The predicted octanol–water partition coefficient (Wildman–Crippen LogP) is 2.01. The average Bonchev–Trinajstić information content (AvgIpc) is 2.83. The smallest absolute Gasteiger partial charge is 0.0931 e. The fourth-order valence-electron chi connectivity index (χ4n) is 2.21. The second-order valence-electron chi connectivity index (χ2n) is 4.91. The Hall–Kier alpha value is -1.39. The van der Waals surface area contributed by atoms with E-state index in [-0.39, 0.29) is 6.61 Å². The number of benzene rings is 1. The van der Waals surface area contributed by atoms with Crippen molar-refractivity contribution in [2.75, 3.05) is 20.2 Å². The van der Waals surface area contributed by atoms with Crippen molar-refractivity contribution in [2.24, 2.45) is 5.92 Å². The monoisotopic (exact) mass is 247 g/mol. The number of aromatic nitrogens is 2. The molecule has 0 spiro atoms.